The maximum Gasteiger partial charge on any atom is 0.322 e. The minimum Gasteiger partial charge on any atom is -0.323 e. The predicted molar refractivity (Wildman–Crippen MR) is 117 cm³/mol. The average Bonchev–Trinajstić information content (AvgIpc) is 3.08. The Hall–Kier alpha value is -3.32. The highest BCUT2D eigenvalue weighted by Crippen LogP contribution is 2.34. The number of likely N-dealkylation sites (tertiary alicyclic amines) is 1. The summed E-state index contributed by atoms with van der Waals surface area (Å²) in [5, 5.41) is 5.47. The summed E-state index contributed by atoms with van der Waals surface area (Å²) in [7, 11) is 0. The third-order valence-corrected chi connectivity index (χ3v) is 6.56. The molecule has 0 radical (unpaired) electrons. The van der Waals surface area contributed by atoms with Gasteiger partial charge in [0.15, 0.2) is 0 Å². The van der Waals surface area contributed by atoms with Crippen LogP contribution in [-0.4, -0.2) is 45.4 Å². The normalized spacial score (nSPS) is 22.5. The zero-order valence-corrected chi connectivity index (χ0v) is 17.3. The lowest BCUT2D eigenvalue weighted by atomic mass is 9.74. The molecule has 3 heterocycles. The number of carbonyl (C=O) groups is 2. The van der Waals surface area contributed by atoms with Crippen molar-refractivity contribution in [3.8, 4) is 0 Å². The van der Waals surface area contributed by atoms with Crippen LogP contribution < -0.4 is 10.6 Å². The van der Waals surface area contributed by atoms with E-state index in [0.717, 1.165) is 54.6 Å². The monoisotopic (exact) mass is 415 g/mol. The molecule has 0 aliphatic carbocycles. The van der Waals surface area contributed by atoms with Gasteiger partial charge in [-0.05, 0) is 49.0 Å². The van der Waals surface area contributed by atoms with Crippen molar-refractivity contribution in [2.75, 3.05) is 13.1 Å². The zero-order valence-electron chi connectivity index (χ0n) is 17.3. The molecule has 2 N–H and O–H groups in total. The number of rotatable bonds is 5. The van der Waals surface area contributed by atoms with Gasteiger partial charge in [-0.25, -0.2) is 4.79 Å². The van der Waals surface area contributed by atoms with E-state index in [0.29, 0.717) is 6.42 Å². The van der Waals surface area contributed by atoms with Gasteiger partial charge < -0.3 is 5.32 Å². The van der Waals surface area contributed by atoms with Crippen molar-refractivity contribution >= 4 is 23.0 Å². The Morgan fingerprint density at radius 3 is 2.48 bits per heavy atom. The molecular formula is C24H25N5O2. The minimum atomic E-state index is -0.880. The third kappa shape index (κ3) is 3.77. The van der Waals surface area contributed by atoms with Gasteiger partial charge >= 0.3 is 6.03 Å². The van der Waals surface area contributed by atoms with E-state index in [1.807, 2.05) is 42.5 Å². The summed E-state index contributed by atoms with van der Waals surface area (Å²) in [6.07, 6.45) is 5.64. The number of imide groups is 1. The Labute approximate surface area is 180 Å². The first-order valence-electron chi connectivity index (χ1n) is 10.7. The van der Waals surface area contributed by atoms with Gasteiger partial charge in [-0.15, -0.1) is 0 Å². The molecule has 2 aromatic carbocycles. The predicted octanol–water partition coefficient (Wildman–Crippen LogP) is 2.66. The van der Waals surface area contributed by atoms with E-state index in [4.69, 9.17) is 0 Å². The first kappa shape index (κ1) is 19.6. The molecule has 7 nitrogen and oxygen atoms in total. The Morgan fingerprint density at radius 1 is 0.968 bits per heavy atom. The molecule has 5 rings (SSSR count). The molecule has 2 fully saturated rings. The Kier molecular flexibility index (Phi) is 5.11. The molecular weight excluding hydrogens is 390 g/mol. The number of hydrogen-bond donors (Lipinski definition) is 2. The molecule has 158 valence electrons. The number of carbonyl (C=O) groups excluding carboxylic acids is 2. The van der Waals surface area contributed by atoms with E-state index in [2.05, 4.69) is 31.6 Å². The molecule has 0 spiro atoms. The SMILES string of the molecule is O=C1NC(=O)[C@@](Cc2ccccc2)(C2CCN(Cc3cccc4nccnc34)CC2)N1. The van der Waals surface area contributed by atoms with Gasteiger partial charge in [0, 0.05) is 25.4 Å². The topological polar surface area (TPSA) is 87.2 Å². The van der Waals surface area contributed by atoms with Crippen molar-refractivity contribution in [3.63, 3.8) is 0 Å². The summed E-state index contributed by atoms with van der Waals surface area (Å²) in [5.74, 6) is -0.119. The number of benzene rings is 2. The number of nitrogens with one attached hydrogen (secondary N) is 2. The molecule has 1 aromatic heterocycles. The number of para-hydroxylation sites is 1. The number of aromatic nitrogens is 2. The molecule has 2 aliphatic heterocycles. The van der Waals surface area contributed by atoms with Crippen LogP contribution in [0.25, 0.3) is 11.0 Å². The fraction of sp³-hybridized carbons (Fsp3) is 0.333. The molecule has 7 heteroatoms. The summed E-state index contributed by atoms with van der Waals surface area (Å²) >= 11 is 0. The fourth-order valence-corrected chi connectivity index (χ4v) is 4.98. The maximum absolute atomic E-state index is 12.9. The molecule has 3 amide bonds. The van der Waals surface area contributed by atoms with Crippen molar-refractivity contribution in [3.05, 3.63) is 72.1 Å². The van der Waals surface area contributed by atoms with Gasteiger partial charge in [-0.1, -0.05) is 42.5 Å². The summed E-state index contributed by atoms with van der Waals surface area (Å²) in [6, 6.07) is 15.6. The van der Waals surface area contributed by atoms with Gasteiger partial charge in [0.25, 0.3) is 5.91 Å². The molecule has 2 aliphatic rings. The second-order valence-corrected chi connectivity index (χ2v) is 8.43. The molecule has 0 unspecified atom stereocenters. The largest absolute Gasteiger partial charge is 0.323 e. The van der Waals surface area contributed by atoms with Crippen LogP contribution in [0.15, 0.2) is 60.9 Å². The van der Waals surface area contributed by atoms with E-state index < -0.39 is 11.6 Å². The number of amides is 3. The van der Waals surface area contributed by atoms with Crippen LogP contribution in [0.4, 0.5) is 4.79 Å². The highest BCUT2D eigenvalue weighted by Gasteiger charge is 2.52. The summed E-state index contributed by atoms with van der Waals surface area (Å²) < 4.78 is 0. The first-order valence-corrected chi connectivity index (χ1v) is 10.7. The lowest BCUT2D eigenvalue weighted by molar-refractivity contribution is -0.126. The molecule has 2 saturated heterocycles. The third-order valence-electron chi connectivity index (χ3n) is 6.56. The van der Waals surface area contributed by atoms with Crippen molar-refractivity contribution in [2.45, 2.75) is 31.3 Å². The van der Waals surface area contributed by atoms with Crippen LogP contribution in [0.2, 0.25) is 0 Å². The Balaban J connectivity index is 1.32. The smallest absolute Gasteiger partial charge is 0.322 e. The number of urea groups is 1. The Morgan fingerprint density at radius 2 is 1.74 bits per heavy atom. The average molecular weight is 415 g/mol. The van der Waals surface area contributed by atoms with Crippen LogP contribution in [0, 0.1) is 5.92 Å². The zero-order chi connectivity index (χ0) is 21.3. The molecule has 1 atom stereocenters. The van der Waals surface area contributed by atoms with Crippen molar-refractivity contribution in [2.24, 2.45) is 5.92 Å². The standard InChI is InChI=1S/C24H25N5O2/c30-22-24(28-23(31)27-22,15-17-5-2-1-3-6-17)19-9-13-29(14-10-19)16-18-7-4-8-20-21(18)26-12-11-25-20/h1-8,11-12,19H,9-10,13-16H2,(H2,27,28,30,31)/t24-/m1/s1. The summed E-state index contributed by atoms with van der Waals surface area (Å²) in [4.78, 5) is 36.3. The fourth-order valence-electron chi connectivity index (χ4n) is 4.98. The maximum atomic E-state index is 12.9. The van der Waals surface area contributed by atoms with Crippen LogP contribution in [0.5, 0.6) is 0 Å². The quantitative estimate of drug-likeness (QED) is 0.626. The lowest BCUT2D eigenvalue weighted by Crippen LogP contribution is -2.57. The lowest BCUT2D eigenvalue weighted by Gasteiger charge is -2.40. The summed E-state index contributed by atoms with van der Waals surface area (Å²) in [5.41, 5.74) is 3.18. The Bertz CT molecular complexity index is 1110. The van der Waals surface area contributed by atoms with E-state index >= 15 is 0 Å². The number of fused-ring (bicyclic) bond motifs is 1. The number of hydrogen-bond acceptors (Lipinski definition) is 5. The molecule has 3 aromatic rings. The second-order valence-electron chi connectivity index (χ2n) is 8.43. The van der Waals surface area contributed by atoms with Crippen molar-refractivity contribution in [1.29, 1.82) is 0 Å². The van der Waals surface area contributed by atoms with Gasteiger partial charge in [0.2, 0.25) is 0 Å². The van der Waals surface area contributed by atoms with Crippen molar-refractivity contribution in [1.82, 2.24) is 25.5 Å². The van der Waals surface area contributed by atoms with Crippen LogP contribution >= 0.6 is 0 Å². The molecule has 31 heavy (non-hydrogen) atoms. The van der Waals surface area contributed by atoms with Crippen LogP contribution in [0.1, 0.15) is 24.0 Å². The first-order chi connectivity index (χ1) is 15.1. The summed E-state index contributed by atoms with van der Waals surface area (Å²) in [6.45, 7) is 2.52. The number of nitrogens with zero attached hydrogens (tertiary/aromatic N) is 3. The van der Waals surface area contributed by atoms with Crippen LogP contribution in [0.3, 0.4) is 0 Å². The van der Waals surface area contributed by atoms with E-state index in [1.165, 1.54) is 0 Å². The number of piperidine rings is 1. The van der Waals surface area contributed by atoms with E-state index in [9.17, 15) is 9.59 Å². The van der Waals surface area contributed by atoms with E-state index in [-0.39, 0.29) is 11.8 Å². The van der Waals surface area contributed by atoms with Gasteiger partial charge in [0.1, 0.15) is 5.54 Å². The second kappa shape index (κ2) is 8.07. The molecule has 0 saturated carbocycles. The van der Waals surface area contributed by atoms with Crippen molar-refractivity contribution < 1.29 is 9.59 Å². The molecule has 0 bridgehead atoms. The van der Waals surface area contributed by atoms with Gasteiger partial charge in [-0.2, -0.15) is 0 Å². The van der Waals surface area contributed by atoms with Gasteiger partial charge in [0.05, 0.1) is 11.0 Å². The highest BCUT2D eigenvalue weighted by molar-refractivity contribution is 6.07. The minimum absolute atomic E-state index is 0.0858. The van der Waals surface area contributed by atoms with Crippen LogP contribution in [-0.2, 0) is 17.8 Å². The van der Waals surface area contributed by atoms with Gasteiger partial charge in [-0.3, -0.25) is 25.0 Å². The van der Waals surface area contributed by atoms with E-state index in [1.54, 1.807) is 12.4 Å². The highest BCUT2D eigenvalue weighted by atomic mass is 16.2.